The zero-order chi connectivity index (χ0) is 17.6. The van der Waals surface area contributed by atoms with E-state index in [9.17, 15) is 13.2 Å². The number of halogens is 1. The highest BCUT2D eigenvalue weighted by Crippen LogP contribution is 2.24. The predicted molar refractivity (Wildman–Crippen MR) is 92.7 cm³/mol. The van der Waals surface area contributed by atoms with Crippen LogP contribution in [0.25, 0.3) is 0 Å². The van der Waals surface area contributed by atoms with Gasteiger partial charge in [0, 0.05) is 16.7 Å². The van der Waals surface area contributed by atoms with Crippen LogP contribution in [0.3, 0.4) is 0 Å². The minimum Gasteiger partial charge on any atom is -0.461 e. The summed E-state index contributed by atoms with van der Waals surface area (Å²) in [6.07, 6.45) is 0. The lowest BCUT2D eigenvalue weighted by Gasteiger charge is -2.21. The van der Waals surface area contributed by atoms with Crippen LogP contribution >= 0.6 is 10.7 Å². The fraction of sp³-hybridized carbons (Fsp3) is 0.235. The molecule has 0 aromatic heterocycles. The smallest absolute Gasteiger partial charge is 0.312 e. The fourth-order valence-electron chi connectivity index (χ4n) is 2.28. The molecule has 2 aromatic carbocycles. The molecule has 128 valence electrons. The van der Waals surface area contributed by atoms with Crippen LogP contribution in [0.4, 0.5) is 0 Å². The molecule has 5 nitrogen and oxygen atoms in total. The minimum absolute atomic E-state index is 0.0417. The summed E-state index contributed by atoms with van der Waals surface area (Å²) in [5.41, 5.74) is 7.53. The first-order valence-corrected chi connectivity index (χ1v) is 9.78. The van der Waals surface area contributed by atoms with Crippen molar-refractivity contribution >= 4 is 25.7 Å². The lowest BCUT2D eigenvalue weighted by Crippen LogP contribution is -2.34. The van der Waals surface area contributed by atoms with Crippen LogP contribution in [0.2, 0.25) is 0 Å². The van der Waals surface area contributed by atoms with Gasteiger partial charge in [-0.15, -0.1) is 0 Å². The van der Waals surface area contributed by atoms with Crippen LogP contribution in [0, 0.1) is 5.92 Å². The highest BCUT2D eigenvalue weighted by molar-refractivity contribution is 8.13. The summed E-state index contributed by atoms with van der Waals surface area (Å²) in [4.78, 5) is 12.4. The van der Waals surface area contributed by atoms with Crippen LogP contribution in [-0.2, 0) is 25.2 Å². The number of carbonyl (C=O) groups excluding carboxylic acids is 1. The first kappa shape index (κ1) is 18.4. The van der Waals surface area contributed by atoms with E-state index in [1.54, 1.807) is 42.5 Å². The van der Waals surface area contributed by atoms with E-state index in [2.05, 4.69) is 0 Å². The number of hydrogen-bond acceptors (Lipinski definition) is 5. The molecule has 7 heteroatoms. The van der Waals surface area contributed by atoms with Crippen LogP contribution in [-0.4, -0.2) is 20.1 Å². The monoisotopic (exact) mass is 367 g/mol. The molecule has 0 saturated carbocycles. The van der Waals surface area contributed by atoms with Crippen molar-refractivity contribution in [1.29, 1.82) is 0 Å². The van der Waals surface area contributed by atoms with Crippen molar-refractivity contribution in [3.05, 3.63) is 71.8 Å². The van der Waals surface area contributed by atoms with Crippen molar-refractivity contribution in [2.75, 3.05) is 5.75 Å². The molecule has 0 aliphatic carbocycles. The van der Waals surface area contributed by atoms with Gasteiger partial charge in [-0.2, -0.15) is 0 Å². The number of benzene rings is 2. The number of nitrogens with two attached hydrogens (primary N) is 1. The molecule has 0 saturated heterocycles. The third-order valence-electron chi connectivity index (χ3n) is 3.52. The number of hydrogen-bond donors (Lipinski definition) is 1. The minimum atomic E-state index is -3.91. The summed E-state index contributed by atoms with van der Waals surface area (Å²) >= 11 is 0. The SMILES string of the molecule is NC(c1ccccc1)C(CS(=O)(=O)Cl)C(=O)OCc1ccccc1. The lowest BCUT2D eigenvalue weighted by atomic mass is 9.95. The molecule has 0 fully saturated rings. The van der Waals surface area contributed by atoms with E-state index in [0.717, 1.165) is 5.56 Å². The van der Waals surface area contributed by atoms with Crippen LogP contribution < -0.4 is 5.73 Å². The Hall–Kier alpha value is -1.89. The summed E-state index contributed by atoms with van der Waals surface area (Å²) in [6, 6.07) is 17.0. The van der Waals surface area contributed by atoms with Crippen molar-refractivity contribution in [3.8, 4) is 0 Å². The van der Waals surface area contributed by atoms with Crippen molar-refractivity contribution in [3.63, 3.8) is 0 Å². The maximum atomic E-state index is 12.4. The predicted octanol–water partition coefficient (Wildman–Crippen LogP) is 2.61. The molecule has 0 heterocycles. The van der Waals surface area contributed by atoms with Crippen molar-refractivity contribution in [1.82, 2.24) is 0 Å². The molecular weight excluding hydrogens is 350 g/mol. The largest absolute Gasteiger partial charge is 0.461 e. The maximum Gasteiger partial charge on any atom is 0.312 e. The molecule has 24 heavy (non-hydrogen) atoms. The van der Waals surface area contributed by atoms with E-state index >= 15 is 0 Å². The summed E-state index contributed by atoms with van der Waals surface area (Å²) in [6.45, 7) is 0.0417. The van der Waals surface area contributed by atoms with Gasteiger partial charge in [-0.1, -0.05) is 60.7 Å². The van der Waals surface area contributed by atoms with Crippen molar-refractivity contribution in [2.24, 2.45) is 11.7 Å². The second kappa shape index (κ2) is 8.28. The molecule has 0 spiro atoms. The number of rotatable bonds is 7. The Morgan fingerprint density at radius 1 is 1.04 bits per heavy atom. The normalized spacial score (nSPS) is 13.9. The van der Waals surface area contributed by atoms with Gasteiger partial charge in [0.25, 0.3) is 0 Å². The molecule has 2 rings (SSSR count). The zero-order valence-electron chi connectivity index (χ0n) is 12.8. The van der Waals surface area contributed by atoms with E-state index in [4.69, 9.17) is 21.2 Å². The molecule has 0 radical (unpaired) electrons. The molecule has 2 atom stereocenters. The average molecular weight is 368 g/mol. The van der Waals surface area contributed by atoms with Gasteiger partial charge in [-0.3, -0.25) is 4.79 Å². The van der Waals surface area contributed by atoms with E-state index in [1.807, 2.05) is 18.2 Å². The fourth-order valence-corrected chi connectivity index (χ4v) is 3.46. The van der Waals surface area contributed by atoms with E-state index < -0.39 is 32.7 Å². The van der Waals surface area contributed by atoms with Gasteiger partial charge in [0.1, 0.15) is 6.61 Å². The molecule has 0 aliphatic heterocycles. The second-order valence-corrected chi connectivity index (χ2v) is 8.16. The first-order valence-electron chi connectivity index (χ1n) is 7.30. The molecular formula is C17H18ClNO4S. The Morgan fingerprint density at radius 2 is 1.58 bits per heavy atom. The molecule has 0 aliphatic rings. The summed E-state index contributed by atoms with van der Waals surface area (Å²) < 4.78 is 28.2. The van der Waals surface area contributed by atoms with Crippen molar-refractivity contribution in [2.45, 2.75) is 12.6 Å². The Bertz CT molecular complexity index is 766. The van der Waals surface area contributed by atoms with Crippen LogP contribution in [0.1, 0.15) is 17.2 Å². The van der Waals surface area contributed by atoms with Gasteiger partial charge in [0.2, 0.25) is 9.05 Å². The molecule has 0 bridgehead atoms. The second-order valence-electron chi connectivity index (χ2n) is 5.34. The molecule has 2 aromatic rings. The standard InChI is InChI=1S/C17H18ClNO4S/c18-24(21,22)12-15(16(19)14-9-5-2-6-10-14)17(20)23-11-13-7-3-1-4-8-13/h1-10,15-16H,11-12,19H2. The summed E-state index contributed by atoms with van der Waals surface area (Å²) in [5.74, 6) is -2.36. The van der Waals surface area contributed by atoms with Gasteiger partial charge >= 0.3 is 5.97 Å². The van der Waals surface area contributed by atoms with Crippen LogP contribution in [0.15, 0.2) is 60.7 Å². The zero-order valence-corrected chi connectivity index (χ0v) is 14.4. The highest BCUT2D eigenvalue weighted by atomic mass is 35.7. The Balaban J connectivity index is 2.14. The Labute approximate surface area is 145 Å². The number of carbonyl (C=O) groups is 1. The Morgan fingerprint density at radius 3 is 2.12 bits per heavy atom. The number of ether oxygens (including phenoxy) is 1. The highest BCUT2D eigenvalue weighted by Gasteiger charge is 2.32. The maximum absolute atomic E-state index is 12.4. The quantitative estimate of drug-likeness (QED) is 0.600. The third-order valence-corrected chi connectivity index (χ3v) is 4.66. The number of esters is 1. The summed E-state index contributed by atoms with van der Waals surface area (Å²) in [5, 5.41) is 0. The van der Waals surface area contributed by atoms with Crippen molar-refractivity contribution < 1.29 is 17.9 Å². The van der Waals surface area contributed by atoms with Gasteiger partial charge in [0.05, 0.1) is 11.7 Å². The average Bonchev–Trinajstić information content (AvgIpc) is 2.58. The third kappa shape index (κ3) is 5.63. The van der Waals surface area contributed by atoms with E-state index in [0.29, 0.717) is 5.56 Å². The summed E-state index contributed by atoms with van der Waals surface area (Å²) in [7, 11) is 1.42. The topological polar surface area (TPSA) is 86.5 Å². The van der Waals surface area contributed by atoms with Crippen LogP contribution in [0.5, 0.6) is 0 Å². The molecule has 2 unspecified atom stereocenters. The molecule has 2 N–H and O–H groups in total. The van der Waals surface area contributed by atoms with Gasteiger partial charge < -0.3 is 10.5 Å². The van der Waals surface area contributed by atoms with Gasteiger partial charge in [-0.05, 0) is 11.1 Å². The van der Waals surface area contributed by atoms with Gasteiger partial charge in [0.15, 0.2) is 0 Å². The molecule has 0 amide bonds. The van der Waals surface area contributed by atoms with E-state index in [-0.39, 0.29) is 6.61 Å². The lowest BCUT2D eigenvalue weighted by molar-refractivity contribution is -0.149. The van der Waals surface area contributed by atoms with Gasteiger partial charge in [-0.25, -0.2) is 8.42 Å². The van der Waals surface area contributed by atoms with E-state index in [1.165, 1.54) is 0 Å². The first-order chi connectivity index (χ1) is 11.4. The Kier molecular flexibility index (Phi) is 6.36.